The van der Waals surface area contributed by atoms with Crippen molar-refractivity contribution in [1.29, 1.82) is 0 Å². The summed E-state index contributed by atoms with van der Waals surface area (Å²) < 4.78 is 12.3. The van der Waals surface area contributed by atoms with E-state index in [0.717, 1.165) is 11.5 Å². The van der Waals surface area contributed by atoms with Gasteiger partial charge in [-0.05, 0) is 185 Å². The van der Waals surface area contributed by atoms with Crippen LogP contribution < -0.4 is 42.3 Å². The van der Waals surface area contributed by atoms with E-state index in [4.69, 9.17) is 9.47 Å². The minimum Gasteiger partial charge on any atom is -0.497 e. The molecule has 0 atom stereocenters. The van der Waals surface area contributed by atoms with Gasteiger partial charge in [-0.1, -0.05) is 130 Å². The first-order chi connectivity index (χ1) is 30.3. The molecule has 10 aromatic rings. The fraction of sp³-hybridized carbons (Fsp3) is 0.103. The van der Waals surface area contributed by atoms with Gasteiger partial charge in [0.1, 0.15) is 11.5 Å². The number of hydrogen-bond acceptors (Lipinski definition) is 2. The predicted molar refractivity (Wildman–Crippen MR) is 264 cm³/mol. The van der Waals surface area contributed by atoms with Gasteiger partial charge in [0.25, 0.3) is 0 Å². The maximum atomic E-state index is 6.15. The second-order valence-electron chi connectivity index (χ2n) is 18.3. The van der Waals surface area contributed by atoms with Crippen molar-refractivity contribution in [1.82, 2.24) is 0 Å². The highest BCUT2D eigenvalue weighted by atomic mass is 16.5. The molecule has 0 spiro atoms. The van der Waals surface area contributed by atoms with Crippen molar-refractivity contribution < 1.29 is 9.47 Å². The molecule has 0 amide bonds. The van der Waals surface area contributed by atoms with Gasteiger partial charge in [-0.2, -0.15) is 0 Å². The second kappa shape index (κ2) is 11.9. The zero-order chi connectivity index (χ0) is 41.4. The predicted octanol–water partition coefficient (Wildman–Crippen LogP) is 10.1. The van der Waals surface area contributed by atoms with Crippen LogP contribution in [-0.4, -0.2) is 27.6 Å². The van der Waals surface area contributed by atoms with Crippen LogP contribution in [0, 0.1) is 27.7 Å². The van der Waals surface area contributed by atoms with Gasteiger partial charge in [0.2, 0.25) is 13.4 Å². The molecule has 0 fully saturated rings. The molecule has 4 aliphatic heterocycles. The zero-order valence-electron chi connectivity index (χ0n) is 35.7. The van der Waals surface area contributed by atoms with E-state index >= 15 is 0 Å². The van der Waals surface area contributed by atoms with E-state index in [2.05, 4.69) is 161 Å². The van der Waals surface area contributed by atoms with E-state index in [1.807, 2.05) is 14.2 Å². The summed E-state index contributed by atoms with van der Waals surface area (Å²) in [6.45, 7) is 9.35. The second-order valence-corrected chi connectivity index (χ2v) is 18.3. The topological polar surface area (TPSA) is 18.5 Å². The summed E-state index contributed by atoms with van der Waals surface area (Å²) in [6, 6.07) is 51.3. The number of fused-ring (bicyclic) bond motifs is 10. The molecule has 0 aromatic heterocycles. The Morgan fingerprint density at radius 3 is 1.08 bits per heavy atom. The van der Waals surface area contributed by atoms with Crippen LogP contribution >= 0.6 is 0 Å². The van der Waals surface area contributed by atoms with Gasteiger partial charge in [0.15, 0.2) is 0 Å². The lowest BCUT2D eigenvalue weighted by Crippen LogP contribution is -2.52. The fourth-order valence-electron chi connectivity index (χ4n) is 13.0. The van der Waals surface area contributed by atoms with E-state index in [0.29, 0.717) is 0 Å². The van der Waals surface area contributed by atoms with Crippen LogP contribution in [0.4, 0.5) is 0 Å². The summed E-state index contributed by atoms with van der Waals surface area (Å²) >= 11 is 0. The lowest BCUT2D eigenvalue weighted by Gasteiger charge is -2.33. The van der Waals surface area contributed by atoms with Crippen LogP contribution in [0.3, 0.4) is 0 Å². The third-order valence-electron chi connectivity index (χ3n) is 15.3. The van der Waals surface area contributed by atoms with E-state index < -0.39 is 0 Å². The summed E-state index contributed by atoms with van der Waals surface area (Å²) in [5, 5.41) is 8.16. The maximum absolute atomic E-state index is 6.15. The molecule has 0 aliphatic carbocycles. The van der Waals surface area contributed by atoms with Crippen molar-refractivity contribution in [2.24, 2.45) is 0 Å². The molecule has 0 bridgehead atoms. The summed E-state index contributed by atoms with van der Waals surface area (Å²) in [5.41, 5.74) is 29.1. The zero-order valence-corrected chi connectivity index (χ0v) is 35.7. The number of ether oxygens (including phenoxy) is 2. The average molecular weight is 791 g/mol. The van der Waals surface area contributed by atoms with Gasteiger partial charge >= 0.3 is 0 Å². The van der Waals surface area contributed by atoms with Gasteiger partial charge in [-0.25, -0.2) is 0 Å². The number of hydrogen-bond donors (Lipinski definition) is 0. The van der Waals surface area contributed by atoms with E-state index in [9.17, 15) is 0 Å². The van der Waals surface area contributed by atoms with E-state index in [-0.39, 0.29) is 13.4 Å². The minimum absolute atomic E-state index is 0.0967. The number of aryl methyl sites for hydroxylation is 4. The van der Waals surface area contributed by atoms with Crippen LogP contribution in [0.15, 0.2) is 133 Å². The van der Waals surface area contributed by atoms with Crippen molar-refractivity contribution in [3.05, 3.63) is 156 Å². The lowest BCUT2D eigenvalue weighted by molar-refractivity contribution is 0.415. The van der Waals surface area contributed by atoms with Crippen LogP contribution in [-0.2, 0) is 0 Å². The van der Waals surface area contributed by atoms with Crippen molar-refractivity contribution in [2.45, 2.75) is 27.7 Å². The fourth-order valence-corrected chi connectivity index (χ4v) is 13.0. The normalized spacial score (nSPS) is 13.3. The summed E-state index contributed by atoms with van der Waals surface area (Å²) in [5.74, 6) is 1.80. The standard InChI is InChI=1S/C58H40B2O2/c1-29-13-11-14-30(2)51(29)37-25-39-45-23-33(61-5)21-43-35-17-8-10-20-48(35)60(57(43)45)50-28-42-38(52-31(3)15-12-16-32(52)4)26-40-46-24-34(62-6)22-44-36-18-7-9-19-47(36)59(58(44)46)49-27-41(37)55(53(39)50)56(42)54(40)49/h7-28H,1-6H3. The summed E-state index contributed by atoms with van der Waals surface area (Å²) in [7, 11) is 3.62. The molecule has 4 heteroatoms. The highest BCUT2D eigenvalue weighted by molar-refractivity contribution is 7.03. The van der Waals surface area contributed by atoms with Crippen molar-refractivity contribution in [2.75, 3.05) is 14.2 Å². The smallest absolute Gasteiger partial charge is 0.244 e. The largest absolute Gasteiger partial charge is 0.497 e. The molecule has 290 valence electrons. The molecule has 10 aromatic carbocycles. The Balaban J connectivity index is 1.28. The molecule has 2 nitrogen and oxygen atoms in total. The summed E-state index contributed by atoms with van der Waals surface area (Å²) in [4.78, 5) is 0. The first kappa shape index (κ1) is 34.7. The number of benzene rings is 10. The van der Waals surface area contributed by atoms with Crippen molar-refractivity contribution in [3.63, 3.8) is 0 Å². The minimum atomic E-state index is 0.0967. The Morgan fingerprint density at radius 1 is 0.323 bits per heavy atom. The first-order valence-corrected chi connectivity index (χ1v) is 22.0. The van der Waals surface area contributed by atoms with E-state index in [1.165, 1.54) is 154 Å². The maximum Gasteiger partial charge on any atom is 0.244 e. The first-order valence-electron chi connectivity index (χ1n) is 22.0. The number of methoxy groups -OCH3 is 2. The van der Waals surface area contributed by atoms with Gasteiger partial charge in [0.05, 0.1) is 14.2 Å². The average Bonchev–Trinajstić information content (AvgIpc) is 3.80. The molecule has 4 heterocycles. The molecule has 4 aliphatic rings. The Labute approximate surface area is 362 Å². The molecular formula is C58H40B2O2. The van der Waals surface area contributed by atoms with Gasteiger partial charge in [-0.3, -0.25) is 0 Å². The molecule has 0 radical (unpaired) electrons. The number of rotatable bonds is 4. The van der Waals surface area contributed by atoms with E-state index in [1.54, 1.807) is 0 Å². The van der Waals surface area contributed by atoms with Crippen molar-refractivity contribution in [3.8, 4) is 78.3 Å². The molecule has 0 saturated carbocycles. The molecule has 14 rings (SSSR count). The molecular weight excluding hydrogens is 750 g/mol. The monoisotopic (exact) mass is 790 g/mol. The lowest BCUT2D eigenvalue weighted by atomic mass is 9.34. The highest BCUT2D eigenvalue weighted by Gasteiger charge is 2.45. The highest BCUT2D eigenvalue weighted by Crippen LogP contribution is 2.52. The Kier molecular flexibility index (Phi) is 6.63. The Hall–Kier alpha value is -7.03. The molecule has 0 unspecified atom stereocenters. The van der Waals surface area contributed by atoms with Gasteiger partial charge in [0, 0.05) is 0 Å². The Morgan fingerprint density at radius 2 is 0.694 bits per heavy atom. The van der Waals surface area contributed by atoms with Crippen LogP contribution in [0.5, 0.6) is 11.5 Å². The SMILES string of the molecule is COc1cc2c3c(c1)-c1cc(-c4c(C)cccc4C)c4cc5c6c(cc(-c7c(C)cccc7C)c7cc(c1c4c76)B3c1ccccc1-2)-c1cc(OC)cc2c1B5c1ccccc1-2. The summed E-state index contributed by atoms with van der Waals surface area (Å²) in [6.07, 6.45) is 0. The van der Waals surface area contributed by atoms with Crippen molar-refractivity contribution >= 4 is 78.5 Å². The molecule has 62 heavy (non-hydrogen) atoms. The van der Waals surface area contributed by atoms with Crippen LogP contribution in [0.1, 0.15) is 22.3 Å². The quantitative estimate of drug-likeness (QED) is 0.131. The van der Waals surface area contributed by atoms with Gasteiger partial charge < -0.3 is 9.47 Å². The van der Waals surface area contributed by atoms with Crippen LogP contribution in [0.2, 0.25) is 0 Å². The van der Waals surface area contributed by atoms with Gasteiger partial charge in [-0.15, -0.1) is 0 Å². The molecule has 0 saturated heterocycles. The third kappa shape index (κ3) is 4.09. The third-order valence-corrected chi connectivity index (χ3v) is 15.3. The van der Waals surface area contributed by atoms with Crippen LogP contribution in [0.25, 0.3) is 99.1 Å². The molecule has 0 N–H and O–H groups in total. The Bertz CT molecular complexity index is 3440.